The first kappa shape index (κ1) is 11.1. The van der Waals surface area contributed by atoms with E-state index in [-0.39, 0.29) is 5.56 Å². The third-order valence-electron chi connectivity index (χ3n) is 2.43. The highest BCUT2D eigenvalue weighted by atomic mass is 32.2. The maximum absolute atomic E-state index is 10.7. The monoisotopic (exact) mass is 239 g/mol. The van der Waals surface area contributed by atoms with Crippen molar-refractivity contribution in [2.24, 2.45) is 0 Å². The summed E-state index contributed by atoms with van der Waals surface area (Å²) in [7, 11) is 0. The zero-order chi connectivity index (χ0) is 11.5. The highest BCUT2D eigenvalue weighted by molar-refractivity contribution is 7.99. The van der Waals surface area contributed by atoms with Crippen molar-refractivity contribution in [3.05, 3.63) is 17.8 Å². The van der Waals surface area contributed by atoms with Crippen LogP contribution in [0.25, 0.3) is 0 Å². The Bertz CT molecular complexity index is 405. The predicted octanol–water partition coefficient (Wildman–Crippen LogP) is 1.28. The molecule has 2 rings (SSSR count). The lowest BCUT2D eigenvalue weighted by molar-refractivity contribution is 0.0696. The second kappa shape index (κ2) is 4.61. The highest BCUT2D eigenvalue weighted by Crippen LogP contribution is 2.23. The molecule has 1 aliphatic rings. The summed E-state index contributed by atoms with van der Waals surface area (Å²) in [6.07, 6.45) is 2.41. The maximum atomic E-state index is 10.7. The lowest BCUT2D eigenvalue weighted by Crippen LogP contribution is -2.20. The molecular weight excluding hydrogens is 226 g/mol. The molecule has 1 aliphatic heterocycles. The zero-order valence-electron chi connectivity index (χ0n) is 8.64. The van der Waals surface area contributed by atoms with Crippen LogP contribution in [-0.4, -0.2) is 33.6 Å². The van der Waals surface area contributed by atoms with E-state index < -0.39 is 5.97 Å². The number of carboxylic acids is 1. The number of carbonyl (C=O) groups is 1. The van der Waals surface area contributed by atoms with Crippen LogP contribution >= 0.6 is 11.8 Å². The first-order valence-corrected chi connectivity index (χ1v) is 6.15. The molecule has 1 aromatic rings. The maximum Gasteiger partial charge on any atom is 0.337 e. The smallest absolute Gasteiger partial charge is 0.337 e. The highest BCUT2D eigenvalue weighted by Gasteiger charge is 2.17. The molecule has 4 N–H and O–H groups in total. The van der Waals surface area contributed by atoms with Gasteiger partial charge in [-0.2, -0.15) is 11.8 Å². The van der Waals surface area contributed by atoms with Crippen LogP contribution in [0.4, 0.5) is 11.5 Å². The summed E-state index contributed by atoms with van der Waals surface area (Å²) in [6, 6.07) is 1.82. The minimum atomic E-state index is -1.01. The van der Waals surface area contributed by atoms with Gasteiger partial charge in [0.1, 0.15) is 5.82 Å². The van der Waals surface area contributed by atoms with Crippen LogP contribution in [0, 0.1) is 0 Å². The third-order valence-corrected chi connectivity index (χ3v) is 3.60. The summed E-state index contributed by atoms with van der Waals surface area (Å²) in [4.78, 5) is 14.7. The first-order valence-electron chi connectivity index (χ1n) is 5.00. The van der Waals surface area contributed by atoms with E-state index in [1.807, 2.05) is 11.8 Å². The number of nitrogens with zero attached hydrogens (tertiary/aromatic N) is 1. The largest absolute Gasteiger partial charge is 0.478 e. The number of nitrogens with one attached hydrogen (secondary N) is 1. The number of pyridine rings is 1. The van der Waals surface area contributed by atoms with Crippen molar-refractivity contribution in [2.45, 2.75) is 12.5 Å². The number of nitrogens with two attached hydrogens (primary N) is 1. The molecule has 0 aliphatic carbocycles. The number of nitrogen functional groups attached to an aromatic ring is 1. The third kappa shape index (κ3) is 2.38. The van der Waals surface area contributed by atoms with Gasteiger partial charge in [-0.1, -0.05) is 0 Å². The minimum Gasteiger partial charge on any atom is -0.478 e. The van der Waals surface area contributed by atoms with Crippen molar-refractivity contribution in [1.29, 1.82) is 0 Å². The van der Waals surface area contributed by atoms with Gasteiger partial charge in [0.05, 0.1) is 11.3 Å². The van der Waals surface area contributed by atoms with E-state index in [0.717, 1.165) is 17.9 Å². The van der Waals surface area contributed by atoms with E-state index >= 15 is 0 Å². The second-order valence-corrected chi connectivity index (χ2v) is 4.82. The number of carboxylic acid groups (broad SMARTS) is 1. The van der Waals surface area contributed by atoms with E-state index in [4.69, 9.17) is 10.8 Å². The van der Waals surface area contributed by atoms with E-state index in [1.165, 1.54) is 12.3 Å². The molecule has 6 heteroatoms. The van der Waals surface area contributed by atoms with Gasteiger partial charge < -0.3 is 16.2 Å². The Morgan fingerprint density at radius 3 is 3.06 bits per heavy atom. The van der Waals surface area contributed by atoms with Crippen LogP contribution in [0.3, 0.4) is 0 Å². The van der Waals surface area contributed by atoms with Gasteiger partial charge in [0, 0.05) is 18.0 Å². The molecule has 5 nitrogen and oxygen atoms in total. The number of thioether (sulfide) groups is 1. The van der Waals surface area contributed by atoms with E-state index in [1.54, 1.807) is 0 Å². The van der Waals surface area contributed by atoms with E-state index in [0.29, 0.717) is 17.5 Å². The Hall–Kier alpha value is -1.43. The molecule has 0 amide bonds. The van der Waals surface area contributed by atoms with E-state index in [2.05, 4.69) is 10.3 Å². The van der Waals surface area contributed by atoms with Crippen molar-refractivity contribution in [2.75, 3.05) is 22.6 Å². The lowest BCUT2D eigenvalue weighted by atomic mass is 10.2. The summed E-state index contributed by atoms with van der Waals surface area (Å²) < 4.78 is 0. The molecule has 0 radical (unpaired) electrons. The van der Waals surface area contributed by atoms with Crippen LogP contribution in [0.1, 0.15) is 16.8 Å². The van der Waals surface area contributed by atoms with Gasteiger partial charge in [-0.3, -0.25) is 0 Å². The first-order chi connectivity index (χ1) is 7.66. The fourth-order valence-corrected chi connectivity index (χ4v) is 2.71. The van der Waals surface area contributed by atoms with E-state index in [9.17, 15) is 4.79 Å². The molecular formula is C10H13N3O2S. The Kier molecular flexibility index (Phi) is 3.19. The summed E-state index contributed by atoms with van der Waals surface area (Å²) >= 11 is 1.89. The lowest BCUT2D eigenvalue weighted by Gasteiger charge is -2.13. The molecule has 1 saturated heterocycles. The van der Waals surface area contributed by atoms with Crippen molar-refractivity contribution in [3.8, 4) is 0 Å². The number of hydrogen-bond acceptors (Lipinski definition) is 5. The van der Waals surface area contributed by atoms with Gasteiger partial charge in [0.2, 0.25) is 0 Å². The van der Waals surface area contributed by atoms with Crippen LogP contribution in [0.2, 0.25) is 0 Å². The normalized spacial score (nSPS) is 19.6. The summed E-state index contributed by atoms with van der Waals surface area (Å²) in [5.41, 5.74) is 6.24. The number of anilines is 2. The molecule has 0 saturated carbocycles. The van der Waals surface area contributed by atoms with Gasteiger partial charge in [0.25, 0.3) is 0 Å². The van der Waals surface area contributed by atoms with Gasteiger partial charge >= 0.3 is 5.97 Å². The average molecular weight is 239 g/mol. The number of aromatic nitrogens is 1. The van der Waals surface area contributed by atoms with Gasteiger partial charge in [-0.15, -0.1) is 0 Å². The van der Waals surface area contributed by atoms with Crippen molar-refractivity contribution < 1.29 is 9.90 Å². The van der Waals surface area contributed by atoms with Gasteiger partial charge in [0.15, 0.2) is 0 Å². The minimum absolute atomic E-state index is 0.115. The molecule has 16 heavy (non-hydrogen) atoms. The Morgan fingerprint density at radius 2 is 2.50 bits per heavy atom. The standard InChI is InChI=1S/C10H13N3O2S/c11-8-3-6(10(14)15)4-12-9(8)13-7-1-2-16-5-7/h3-4,7H,1-2,5,11H2,(H,12,13)(H,14,15). The molecule has 0 spiro atoms. The average Bonchev–Trinajstić information content (AvgIpc) is 2.73. The Balaban J connectivity index is 2.12. The Morgan fingerprint density at radius 1 is 1.69 bits per heavy atom. The quantitative estimate of drug-likeness (QED) is 0.736. The number of aromatic carboxylic acids is 1. The number of rotatable bonds is 3. The molecule has 0 bridgehead atoms. The number of hydrogen-bond donors (Lipinski definition) is 3. The van der Waals surface area contributed by atoms with Crippen molar-refractivity contribution >= 4 is 29.2 Å². The van der Waals surface area contributed by atoms with Crippen LogP contribution in [0.15, 0.2) is 12.3 Å². The summed E-state index contributed by atoms with van der Waals surface area (Å²) in [6.45, 7) is 0. The molecule has 1 fully saturated rings. The fourth-order valence-electron chi connectivity index (χ4n) is 1.56. The summed E-state index contributed by atoms with van der Waals surface area (Å²) in [5, 5.41) is 12.0. The SMILES string of the molecule is Nc1cc(C(=O)O)cnc1NC1CCSC1. The summed E-state index contributed by atoms with van der Waals surface area (Å²) in [5.74, 6) is 1.76. The Labute approximate surface area is 97.4 Å². The molecule has 1 unspecified atom stereocenters. The van der Waals surface area contributed by atoms with Crippen LogP contribution < -0.4 is 11.1 Å². The molecule has 1 atom stereocenters. The van der Waals surface area contributed by atoms with Crippen LogP contribution in [0.5, 0.6) is 0 Å². The van der Waals surface area contributed by atoms with Crippen LogP contribution in [-0.2, 0) is 0 Å². The van der Waals surface area contributed by atoms with Gasteiger partial charge in [-0.25, -0.2) is 9.78 Å². The second-order valence-electron chi connectivity index (χ2n) is 3.67. The fraction of sp³-hybridized carbons (Fsp3) is 0.400. The molecule has 2 heterocycles. The topological polar surface area (TPSA) is 88.2 Å². The van der Waals surface area contributed by atoms with Crippen molar-refractivity contribution in [1.82, 2.24) is 4.98 Å². The zero-order valence-corrected chi connectivity index (χ0v) is 9.46. The molecule has 1 aromatic heterocycles. The predicted molar refractivity (Wildman–Crippen MR) is 65.0 cm³/mol. The van der Waals surface area contributed by atoms with Gasteiger partial charge in [-0.05, 0) is 18.2 Å². The molecule has 86 valence electrons. The molecule has 0 aromatic carbocycles. The van der Waals surface area contributed by atoms with Crippen molar-refractivity contribution in [3.63, 3.8) is 0 Å².